The highest BCUT2D eigenvalue weighted by molar-refractivity contribution is 9.10. The van der Waals surface area contributed by atoms with E-state index in [0.717, 1.165) is 28.9 Å². The summed E-state index contributed by atoms with van der Waals surface area (Å²) in [5.41, 5.74) is 1.19. The third-order valence-electron chi connectivity index (χ3n) is 3.19. The molecule has 1 saturated heterocycles. The van der Waals surface area contributed by atoms with E-state index in [9.17, 15) is 0 Å². The molecule has 102 valence electrons. The molecule has 0 aromatic heterocycles. The van der Waals surface area contributed by atoms with Crippen molar-refractivity contribution >= 4 is 28.3 Å². The Balaban J connectivity index is 0.00000162. The van der Waals surface area contributed by atoms with E-state index in [1.54, 1.807) is 14.2 Å². The third kappa shape index (κ3) is 3.31. The maximum Gasteiger partial charge on any atom is 0.133 e. The highest BCUT2D eigenvalue weighted by Crippen LogP contribution is 2.37. The maximum absolute atomic E-state index is 5.45. The monoisotopic (exact) mass is 335 g/mol. The number of ether oxygens (including phenoxy) is 2. The largest absolute Gasteiger partial charge is 0.496 e. The summed E-state index contributed by atoms with van der Waals surface area (Å²) in [6.07, 6.45) is 3.67. The van der Waals surface area contributed by atoms with Crippen LogP contribution in [0.2, 0.25) is 0 Å². The van der Waals surface area contributed by atoms with Crippen LogP contribution in [0.3, 0.4) is 0 Å². The molecule has 0 amide bonds. The molecule has 0 aliphatic carbocycles. The standard InChI is InChI=1S/C13H18BrNO2.ClH/c1-16-12-8-10(14)13(17-2)7-9(12)11-5-3-4-6-15-11;/h7-8,11,15H,3-6H2,1-2H3;1H/t11-;/m1./s1. The molecule has 1 atom stereocenters. The van der Waals surface area contributed by atoms with Gasteiger partial charge in [-0.1, -0.05) is 6.42 Å². The summed E-state index contributed by atoms with van der Waals surface area (Å²) < 4.78 is 11.7. The van der Waals surface area contributed by atoms with Gasteiger partial charge < -0.3 is 14.8 Å². The van der Waals surface area contributed by atoms with Crippen LogP contribution in [0, 0.1) is 0 Å². The summed E-state index contributed by atoms with van der Waals surface area (Å²) in [5.74, 6) is 1.77. The number of hydrogen-bond acceptors (Lipinski definition) is 3. The summed E-state index contributed by atoms with van der Waals surface area (Å²) in [6.45, 7) is 1.08. The van der Waals surface area contributed by atoms with Crippen LogP contribution in [-0.4, -0.2) is 20.8 Å². The summed E-state index contributed by atoms with van der Waals surface area (Å²) in [7, 11) is 3.39. The summed E-state index contributed by atoms with van der Waals surface area (Å²) in [4.78, 5) is 0. The van der Waals surface area contributed by atoms with Crippen molar-refractivity contribution in [1.82, 2.24) is 5.32 Å². The first-order chi connectivity index (χ1) is 8.26. The summed E-state index contributed by atoms with van der Waals surface area (Å²) in [5, 5.41) is 3.53. The molecule has 0 saturated carbocycles. The minimum Gasteiger partial charge on any atom is -0.496 e. The average Bonchev–Trinajstić information content (AvgIpc) is 2.39. The first-order valence-corrected chi connectivity index (χ1v) is 6.70. The Morgan fingerprint density at radius 1 is 1.17 bits per heavy atom. The molecule has 1 fully saturated rings. The lowest BCUT2D eigenvalue weighted by Crippen LogP contribution is -2.27. The van der Waals surface area contributed by atoms with Crippen LogP contribution in [0.5, 0.6) is 11.5 Å². The van der Waals surface area contributed by atoms with Gasteiger partial charge in [-0.05, 0) is 47.4 Å². The molecule has 1 aromatic rings. The minimum absolute atomic E-state index is 0. The Hall–Kier alpha value is -0.450. The van der Waals surface area contributed by atoms with Crippen LogP contribution in [-0.2, 0) is 0 Å². The van der Waals surface area contributed by atoms with Crippen molar-refractivity contribution < 1.29 is 9.47 Å². The average molecular weight is 337 g/mol. The Morgan fingerprint density at radius 3 is 2.44 bits per heavy atom. The van der Waals surface area contributed by atoms with Gasteiger partial charge in [0, 0.05) is 11.6 Å². The lowest BCUT2D eigenvalue weighted by atomic mass is 9.96. The van der Waals surface area contributed by atoms with Gasteiger partial charge in [0.2, 0.25) is 0 Å². The number of nitrogens with one attached hydrogen (secondary N) is 1. The molecule has 5 heteroatoms. The van der Waals surface area contributed by atoms with Gasteiger partial charge in [-0.2, -0.15) is 0 Å². The van der Waals surface area contributed by atoms with Gasteiger partial charge >= 0.3 is 0 Å². The van der Waals surface area contributed by atoms with E-state index in [4.69, 9.17) is 9.47 Å². The zero-order chi connectivity index (χ0) is 12.3. The van der Waals surface area contributed by atoms with E-state index in [2.05, 4.69) is 27.3 Å². The minimum atomic E-state index is 0. The van der Waals surface area contributed by atoms with Crippen LogP contribution in [0.25, 0.3) is 0 Å². The molecule has 1 N–H and O–H groups in total. The first kappa shape index (κ1) is 15.6. The number of piperidine rings is 1. The Kier molecular flexibility index (Phi) is 6.26. The molecule has 0 spiro atoms. The van der Waals surface area contributed by atoms with Gasteiger partial charge in [0.25, 0.3) is 0 Å². The fourth-order valence-corrected chi connectivity index (χ4v) is 2.76. The van der Waals surface area contributed by atoms with Crippen molar-refractivity contribution in [2.45, 2.75) is 25.3 Å². The van der Waals surface area contributed by atoms with Crippen LogP contribution in [0.1, 0.15) is 30.9 Å². The van der Waals surface area contributed by atoms with Gasteiger partial charge in [-0.3, -0.25) is 0 Å². The first-order valence-electron chi connectivity index (χ1n) is 5.91. The second-order valence-corrected chi connectivity index (χ2v) is 5.09. The molecule has 1 heterocycles. The van der Waals surface area contributed by atoms with Crippen LogP contribution in [0.4, 0.5) is 0 Å². The van der Waals surface area contributed by atoms with Crippen molar-refractivity contribution in [2.75, 3.05) is 20.8 Å². The molecule has 3 nitrogen and oxygen atoms in total. The van der Waals surface area contributed by atoms with Crippen LogP contribution in [0.15, 0.2) is 16.6 Å². The van der Waals surface area contributed by atoms with Gasteiger partial charge in [0.1, 0.15) is 11.5 Å². The van der Waals surface area contributed by atoms with Gasteiger partial charge in [0.15, 0.2) is 0 Å². The highest BCUT2D eigenvalue weighted by Gasteiger charge is 2.20. The molecule has 1 aromatic carbocycles. The van der Waals surface area contributed by atoms with Gasteiger partial charge in [-0.15, -0.1) is 12.4 Å². The quantitative estimate of drug-likeness (QED) is 0.913. The fourth-order valence-electron chi connectivity index (χ4n) is 2.27. The molecule has 18 heavy (non-hydrogen) atoms. The van der Waals surface area contributed by atoms with E-state index >= 15 is 0 Å². The van der Waals surface area contributed by atoms with E-state index in [1.807, 2.05) is 6.07 Å². The molecule has 0 bridgehead atoms. The predicted octanol–water partition coefficient (Wildman–Crippen LogP) is 3.70. The lowest BCUT2D eigenvalue weighted by Gasteiger charge is -2.26. The highest BCUT2D eigenvalue weighted by atomic mass is 79.9. The molecule has 1 aliphatic heterocycles. The van der Waals surface area contributed by atoms with E-state index < -0.39 is 0 Å². The number of benzene rings is 1. The van der Waals surface area contributed by atoms with Gasteiger partial charge in [0.05, 0.1) is 18.7 Å². The van der Waals surface area contributed by atoms with Gasteiger partial charge in [-0.25, -0.2) is 0 Å². The lowest BCUT2D eigenvalue weighted by molar-refractivity contribution is 0.367. The fraction of sp³-hybridized carbons (Fsp3) is 0.538. The van der Waals surface area contributed by atoms with E-state index in [-0.39, 0.29) is 12.4 Å². The zero-order valence-electron chi connectivity index (χ0n) is 10.7. The number of halogens is 2. The second-order valence-electron chi connectivity index (χ2n) is 4.23. The number of hydrogen-bond donors (Lipinski definition) is 1. The Bertz CT molecular complexity index is 395. The summed E-state index contributed by atoms with van der Waals surface area (Å²) >= 11 is 3.48. The van der Waals surface area contributed by atoms with Crippen LogP contribution < -0.4 is 14.8 Å². The number of rotatable bonds is 3. The normalized spacial score (nSPS) is 18.9. The third-order valence-corrected chi connectivity index (χ3v) is 3.81. The molecule has 0 unspecified atom stereocenters. The zero-order valence-corrected chi connectivity index (χ0v) is 13.1. The number of methoxy groups -OCH3 is 2. The molecule has 1 aliphatic rings. The maximum atomic E-state index is 5.45. The Morgan fingerprint density at radius 2 is 1.89 bits per heavy atom. The molecular formula is C13H19BrClNO2. The van der Waals surface area contributed by atoms with Crippen molar-refractivity contribution in [3.63, 3.8) is 0 Å². The van der Waals surface area contributed by atoms with Crippen molar-refractivity contribution in [3.05, 3.63) is 22.2 Å². The molecule has 0 radical (unpaired) electrons. The van der Waals surface area contributed by atoms with Crippen molar-refractivity contribution in [2.24, 2.45) is 0 Å². The Labute approximate surface area is 123 Å². The second kappa shape index (κ2) is 7.22. The van der Waals surface area contributed by atoms with E-state index in [0.29, 0.717) is 6.04 Å². The van der Waals surface area contributed by atoms with Crippen LogP contribution >= 0.6 is 28.3 Å². The van der Waals surface area contributed by atoms with Crippen molar-refractivity contribution in [1.29, 1.82) is 0 Å². The predicted molar refractivity (Wildman–Crippen MR) is 79.1 cm³/mol. The molecule has 2 rings (SSSR count). The smallest absolute Gasteiger partial charge is 0.133 e. The van der Waals surface area contributed by atoms with E-state index in [1.165, 1.54) is 18.4 Å². The summed E-state index contributed by atoms with van der Waals surface area (Å²) in [6, 6.07) is 4.41. The SMILES string of the molecule is COc1cc([C@H]2CCCCN2)c(OC)cc1Br.Cl. The topological polar surface area (TPSA) is 30.5 Å². The van der Waals surface area contributed by atoms with Crippen molar-refractivity contribution in [3.8, 4) is 11.5 Å². The molecular weight excluding hydrogens is 318 g/mol.